The fraction of sp³-hybridized carbons (Fsp3) is 0.231. The van der Waals surface area contributed by atoms with Crippen molar-refractivity contribution in [3.63, 3.8) is 0 Å². The van der Waals surface area contributed by atoms with E-state index in [1.54, 1.807) is 64.3 Å². The number of hydrogen-bond donors (Lipinski definition) is 2. The van der Waals surface area contributed by atoms with Gasteiger partial charge in [0.25, 0.3) is 0 Å². The van der Waals surface area contributed by atoms with Gasteiger partial charge in [-0.3, -0.25) is 19.1 Å². The second-order valence-electron chi connectivity index (χ2n) is 9.42. The summed E-state index contributed by atoms with van der Waals surface area (Å²) in [6, 6.07) is 9.33. The molecule has 0 aliphatic rings. The highest BCUT2D eigenvalue weighted by molar-refractivity contribution is 6.04. The van der Waals surface area contributed by atoms with Gasteiger partial charge in [0.15, 0.2) is 0 Å². The van der Waals surface area contributed by atoms with Crippen LogP contribution in [0.25, 0.3) is 38.8 Å². The van der Waals surface area contributed by atoms with Crippen LogP contribution in [0.1, 0.15) is 30.8 Å². The number of nitrogen functional groups attached to an aromatic ring is 1. The van der Waals surface area contributed by atoms with Crippen molar-refractivity contribution in [2.45, 2.75) is 32.5 Å². The maximum Gasteiger partial charge on any atom is 0.419 e. The molecule has 5 rings (SSSR count). The number of nitrogens with zero attached hydrogens (tertiary/aromatic N) is 5. The molecule has 4 aromatic heterocycles. The number of benzene rings is 1. The van der Waals surface area contributed by atoms with Crippen LogP contribution in [0.15, 0.2) is 53.6 Å². The molecule has 190 valence electrons. The molecule has 4 heterocycles. The Morgan fingerprint density at radius 1 is 1.00 bits per heavy atom. The molecule has 0 radical (unpaired) electrons. The third kappa shape index (κ3) is 4.01. The SMILES string of the molecule is Cc1nc(C(C)(C)O)ccc1-n1c(=O)n(C)c2cnc3ccc(-c4cnc(N)c(C(F)(F)F)c4)cc3c21. The monoisotopic (exact) mass is 508 g/mol. The molecule has 0 bridgehead atoms. The third-order valence-corrected chi connectivity index (χ3v) is 6.37. The highest BCUT2D eigenvalue weighted by Gasteiger charge is 2.34. The molecule has 0 aliphatic carbocycles. The number of alkyl halides is 3. The van der Waals surface area contributed by atoms with Crippen LogP contribution in [0.2, 0.25) is 0 Å². The molecular formula is C26H23F3N6O2. The van der Waals surface area contributed by atoms with E-state index in [2.05, 4.69) is 15.0 Å². The molecule has 37 heavy (non-hydrogen) atoms. The first-order chi connectivity index (χ1) is 17.3. The fourth-order valence-electron chi connectivity index (χ4n) is 4.39. The lowest BCUT2D eigenvalue weighted by Gasteiger charge is -2.18. The molecule has 0 amide bonds. The standard InChI is InChI=1S/C26H23F3N6O2/c1-13-19(7-8-21(33-13)25(2,3)37)35-22-16-9-14(15-10-17(26(27,28)29)23(30)32-11-15)5-6-18(16)31-12-20(22)34(4)24(35)36/h5-12,37H,1-4H3,(H2,30,32). The van der Waals surface area contributed by atoms with Crippen LogP contribution in [0.3, 0.4) is 0 Å². The normalized spacial score (nSPS) is 12.5. The molecule has 0 unspecified atom stereocenters. The summed E-state index contributed by atoms with van der Waals surface area (Å²) in [5, 5.41) is 10.9. The zero-order valence-corrected chi connectivity index (χ0v) is 20.4. The summed E-state index contributed by atoms with van der Waals surface area (Å²) in [5.41, 5.74) is 6.71. The summed E-state index contributed by atoms with van der Waals surface area (Å²) in [4.78, 5) is 26.1. The van der Waals surface area contributed by atoms with Gasteiger partial charge in [0.05, 0.1) is 45.4 Å². The van der Waals surface area contributed by atoms with Crippen molar-refractivity contribution in [3.05, 3.63) is 76.2 Å². The lowest BCUT2D eigenvalue weighted by Crippen LogP contribution is -2.23. The molecule has 0 spiro atoms. The van der Waals surface area contributed by atoms with Crippen molar-refractivity contribution >= 4 is 27.8 Å². The number of aromatic nitrogens is 5. The number of aliphatic hydroxyl groups is 1. The van der Waals surface area contributed by atoms with Crippen LogP contribution in [-0.2, 0) is 18.8 Å². The Bertz CT molecular complexity index is 1760. The Morgan fingerprint density at radius 3 is 2.38 bits per heavy atom. The molecule has 5 aromatic rings. The number of rotatable bonds is 3. The van der Waals surface area contributed by atoms with E-state index in [9.17, 15) is 23.1 Å². The highest BCUT2D eigenvalue weighted by Crippen LogP contribution is 2.36. The zero-order valence-electron chi connectivity index (χ0n) is 20.4. The van der Waals surface area contributed by atoms with Crippen molar-refractivity contribution in [1.82, 2.24) is 24.1 Å². The smallest absolute Gasteiger partial charge is 0.384 e. The van der Waals surface area contributed by atoms with Gasteiger partial charge in [-0.1, -0.05) is 6.07 Å². The van der Waals surface area contributed by atoms with Crippen molar-refractivity contribution in [3.8, 4) is 16.8 Å². The van der Waals surface area contributed by atoms with E-state index in [-0.39, 0.29) is 11.3 Å². The summed E-state index contributed by atoms with van der Waals surface area (Å²) >= 11 is 0. The van der Waals surface area contributed by atoms with E-state index in [1.807, 2.05) is 0 Å². The Balaban J connectivity index is 1.80. The third-order valence-electron chi connectivity index (χ3n) is 6.37. The maximum atomic E-state index is 13.4. The van der Waals surface area contributed by atoms with E-state index in [0.29, 0.717) is 44.6 Å². The number of aryl methyl sites for hydroxylation is 2. The minimum atomic E-state index is -4.65. The lowest BCUT2D eigenvalue weighted by molar-refractivity contribution is -0.137. The quantitative estimate of drug-likeness (QED) is 0.372. The van der Waals surface area contributed by atoms with Gasteiger partial charge >= 0.3 is 11.9 Å². The predicted octanol–water partition coefficient (Wildman–Crippen LogP) is 4.47. The zero-order chi connectivity index (χ0) is 26.9. The minimum Gasteiger partial charge on any atom is -0.384 e. The van der Waals surface area contributed by atoms with Crippen molar-refractivity contribution in [2.24, 2.45) is 7.05 Å². The van der Waals surface area contributed by atoms with Gasteiger partial charge in [-0.15, -0.1) is 0 Å². The molecule has 0 saturated carbocycles. The summed E-state index contributed by atoms with van der Waals surface area (Å²) in [5.74, 6) is -0.601. The van der Waals surface area contributed by atoms with E-state index >= 15 is 0 Å². The van der Waals surface area contributed by atoms with Gasteiger partial charge in [-0.2, -0.15) is 13.2 Å². The Kier molecular flexibility index (Phi) is 5.37. The van der Waals surface area contributed by atoms with Gasteiger partial charge < -0.3 is 10.8 Å². The van der Waals surface area contributed by atoms with E-state index in [4.69, 9.17) is 5.73 Å². The first kappa shape index (κ1) is 24.4. The van der Waals surface area contributed by atoms with Crippen LogP contribution in [0.5, 0.6) is 0 Å². The Hall–Kier alpha value is -4.25. The van der Waals surface area contributed by atoms with Crippen LogP contribution in [-0.4, -0.2) is 29.2 Å². The number of anilines is 1. The van der Waals surface area contributed by atoms with Crippen LogP contribution >= 0.6 is 0 Å². The van der Waals surface area contributed by atoms with Crippen LogP contribution < -0.4 is 11.4 Å². The molecule has 3 N–H and O–H groups in total. The Morgan fingerprint density at radius 2 is 1.73 bits per heavy atom. The van der Waals surface area contributed by atoms with Crippen LogP contribution in [0, 0.1) is 6.92 Å². The number of hydrogen-bond acceptors (Lipinski definition) is 6. The summed E-state index contributed by atoms with van der Waals surface area (Å²) in [6.45, 7) is 4.98. The Labute approximate surface area is 208 Å². The number of nitrogens with two attached hydrogens (primary N) is 1. The van der Waals surface area contributed by atoms with Crippen LogP contribution in [0.4, 0.5) is 19.0 Å². The second kappa shape index (κ2) is 8.13. The summed E-state index contributed by atoms with van der Waals surface area (Å²) < 4.78 is 43.3. The van der Waals surface area contributed by atoms with E-state index in [0.717, 1.165) is 6.07 Å². The molecule has 8 nitrogen and oxygen atoms in total. The molecule has 0 atom stereocenters. The molecule has 11 heteroatoms. The minimum absolute atomic E-state index is 0.220. The largest absolute Gasteiger partial charge is 0.419 e. The van der Waals surface area contributed by atoms with Gasteiger partial charge in [0, 0.05) is 24.2 Å². The molecule has 0 fully saturated rings. The fourth-order valence-corrected chi connectivity index (χ4v) is 4.39. The topological polar surface area (TPSA) is 112 Å². The molecule has 1 aromatic carbocycles. The number of imidazole rings is 1. The second-order valence-corrected chi connectivity index (χ2v) is 9.42. The van der Waals surface area contributed by atoms with Gasteiger partial charge in [0.2, 0.25) is 0 Å². The van der Waals surface area contributed by atoms with Crippen molar-refractivity contribution in [1.29, 1.82) is 0 Å². The van der Waals surface area contributed by atoms with E-state index in [1.165, 1.54) is 15.3 Å². The van der Waals surface area contributed by atoms with Crippen molar-refractivity contribution in [2.75, 3.05) is 5.73 Å². The van der Waals surface area contributed by atoms with Crippen molar-refractivity contribution < 1.29 is 18.3 Å². The van der Waals surface area contributed by atoms with Gasteiger partial charge in [-0.05, 0) is 56.7 Å². The maximum absolute atomic E-state index is 13.4. The highest BCUT2D eigenvalue weighted by atomic mass is 19.4. The lowest BCUT2D eigenvalue weighted by atomic mass is 10.0. The van der Waals surface area contributed by atoms with E-state index < -0.39 is 23.2 Å². The predicted molar refractivity (Wildman–Crippen MR) is 134 cm³/mol. The number of halogens is 3. The first-order valence-electron chi connectivity index (χ1n) is 11.3. The van der Waals surface area contributed by atoms with Gasteiger partial charge in [0.1, 0.15) is 11.4 Å². The van der Waals surface area contributed by atoms with Gasteiger partial charge in [-0.25, -0.2) is 9.78 Å². The average molecular weight is 509 g/mol. The number of pyridine rings is 3. The first-order valence-corrected chi connectivity index (χ1v) is 11.3. The molecule has 0 aliphatic heterocycles. The molecule has 0 saturated heterocycles. The number of fused-ring (bicyclic) bond motifs is 3. The average Bonchev–Trinajstić information content (AvgIpc) is 3.08. The summed E-state index contributed by atoms with van der Waals surface area (Å²) in [6.07, 6.45) is -1.80. The summed E-state index contributed by atoms with van der Waals surface area (Å²) in [7, 11) is 1.62. The molecular weight excluding hydrogens is 485 g/mol.